The summed E-state index contributed by atoms with van der Waals surface area (Å²) in [6.07, 6.45) is 3.09. The number of aryl methyl sites for hydroxylation is 1. The van der Waals surface area contributed by atoms with Crippen LogP contribution in [0.3, 0.4) is 0 Å². The van der Waals surface area contributed by atoms with Gasteiger partial charge in [0.25, 0.3) is 0 Å². The largest absolute Gasteiger partial charge is 0.392 e. The van der Waals surface area contributed by atoms with Crippen LogP contribution in [0.2, 0.25) is 5.02 Å². The number of fused-ring (bicyclic) bond motifs is 1. The van der Waals surface area contributed by atoms with E-state index in [1.807, 2.05) is 53.1 Å². The molecule has 0 bridgehead atoms. The molecule has 3 aromatic rings. The van der Waals surface area contributed by atoms with Crippen molar-refractivity contribution in [2.24, 2.45) is 0 Å². The van der Waals surface area contributed by atoms with Gasteiger partial charge in [0.2, 0.25) is 0 Å². The Hall–Kier alpha value is -2.08. The third kappa shape index (κ3) is 4.32. The summed E-state index contributed by atoms with van der Waals surface area (Å²) in [5.41, 5.74) is 3.05. The van der Waals surface area contributed by atoms with E-state index in [-0.39, 0.29) is 17.8 Å². The van der Waals surface area contributed by atoms with Gasteiger partial charge < -0.3 is 15.0 Å². The zero-order chi connectivity index (χ0) is 19.5. The van der Waals surface area contributed by atoms with Gasteiger partial charge in [-0.05, 0) is 55.5 Å². The highest BCUT2D eigenvalue weighted by Crippen LogP contribution is 2.25. The molecule has 1 aliphatic heterocycles. The molecule has 0 spiro atoms. The van der Waals surface area contributed by atoms with Gasteiger partial charge in [-0.1, -0.05) is 35.9 Å². The minimum atomic E-state index is -0.344. The number of nitrogens with one attached hydrogen (secondary N) is 1. The Morgan fingerprint density at radius 2 is 1.82 bits per heavy atom. The lowest BCUT2D eigenvalue weighted by molar-refractivity contribution is 0.0853. The van der Waals surface area contributed by atoms with E-state index in [9.17, 15) is 9.90 Å². The van der Waals surface area contributed by atoms with E-state index in [1.165, 1.54) is 5.56 Å². The number of β-amino-alcohol motifs (C(OH)–C–C–N with tert-alkyl or cyclic N) is 1. The molecule has 0 aliphatic carbocycles. The van der Waals surface area contributed by atoms with Crippen LogP contribution in [0.25, 0.3) is 11.0 Å². The number of benzene rings is 2. The average molecular weight is 400 g/mol. The fourth-order valence-electron chi connectivity index (χ4n) is 4.17. The Bertz CT molecular complexity index is 971. The molecule has 28 heavy (non-hydrogen) atoms. The molecule has 1 atom stereocenters. The molecule has 5 nitrogen and oxygen atoms in total. The van der Waals surface area contributed by atoms with Crippen LogP contribution in [0.15, 0.2) is 53.3 Å². The summed E-state index contributed by atoms with van der Waals surface area (Å²) in [4.78, 5) is 17.6. The number of nitrogens with zero attached hydrogens (tertiary/aromatic N) is 2. The Kier molecular flexibility index (Phi) is 5.85. The molecule has 2 N–H and O–H groups in total. The van der Waals surface area contributed by atoms with E-state index in [2.05, 4.69) is 9.88 Å². The van der Waals surface area contributed by atoms with Crippen LogP contribution in [-0.2, 0) is 6.42 Å². The van der Waals surface area contributed by atoms with Crippen molar-refractivity contribution in [3.8, 4) is 0 Å². The molecule has 148 valence electrons. The monoisotopic (exact) mass is 399 g/mol. The smallest absolute Gasteiger partial charge is 0.326 e. The molecule has 1 saturated heterocycles. The van der Waals surface area contributed by atoms with Crippen LogP contribution >= 0.6 is 11.6 Å². The van der Waals surface area contributed by atoms with Crippen LogP contribution in [0.5, 0.6) is 0 Å². The molecular formula is C22H26ClN3O2. The Balaban J connectivity index is 1.29. The lowest BCUT2D eigenvalue weighted by atomic mass is 10.0. The van der Waals surface area contributed by atoms with Crippen molar-refractivity contribution in [3.63, 3.8) is 0 Å². The average Bonchev–Trinajstić information content (AvgIpc) is 3.04. The summed E-state index contributed by atoms with van der Waals surface area (Å²) < 4.78 is 1.91. The van der Waals surface area contributed by atoms with Crippen molar-refractivity contribution in [1.29, 1.82) is 0 Å². The summed E-state index contributed by atoms with van der Waals surface area (Å²) in [5, 5.41) is 11.2. The summed E-state index contributed by atoms with van der Waals surface area (Å²) in [7, 11) is 0. The van der Waals surface area contributed by atoms with Gasteiger partial charge in [0.15, 0.2) is 0 Å². The van der Waals surface area contributed by atoms with Crippen LogP contribution in [0.4, 0.5) is 0 Å². The number of aliphatic hydroxyl groups is 1. The van der Waals surface area contributed by atoms with E-state index in [4.69, 9.17) is 11.6 Å². The van der Waals surface area contributed by atoms with Gasteiger partial charge in [-0.15, -0.1) is 0 Å². The van der Waals surface area contributed by atoms with E-state index in [1.54, 1.807) is 0 Å². The third-order valence-corrected chi connectivity index (χ3v) is 5.95. The summed E-state index contributed by atoms with van der Waals surface area (Å²) in [6.45, 7) is 2.48. The molecule has 0 amide bonds. The highest BCUT2D eigenvalue weighted by Gasteiger charge is 2.24. The molecule has 1 fully saturated rings. The predicted molar refractivity (Wildman–Crippen MR) is 113 cm³/mol. The first-order valence-electron chi connectivity index (χ1n) is 9.94. The minimum Gasteiger partial charge on any atom is -0.392 e. The summed E-state index contributed by atoms with van der Waals surface area (Å²) in [5.74, 6) is 0. The van der Waals surface area contributed by atoms with Gasteiger partial charge in [0.1, 0.15) is 0 Å². The number of aliphatic hydroxyl groups excluding tert-OH is 1. The first-order valence-corrected chi connectivity index (χ1v) is 10.3. The van der Waals surface area contributed by atoms with Crippen molar-refractivity contribution in [2.45, 2.75) is 37.8 Å². The van der Waals surface area contributed by atoms with Crippen molar-refractivity contribution in [1.82, 2.24) is 14.5 Å². The quantitative estimate of drug-likeness (QED) is 0.665. The van der Waals surface area contributed by atoms with Gasteiger partial charge in [-0.3, -0.25) is 4.57 Å². The Labute approximate surface area is 169 Å². The van der Waals surface area contributed by atoms with Gasteiger partial charge in [0, 0.05) is 30.7 Å². The normalized spacial score (nSPS) is 17.2. The first kappa shape index (κ1) is 19.2. The predicted octanol–water partition coefficient (Wildman–Crippen LogP) is 3.61. The van der Waals surface area contributed by atoms with Crippen LogP contribution < -0.4 is 5.69 Å². The number of para-hydroxylation sites is 2. The molecule has 0 saturated carbocycles. The molecule has 1 aliphatic rings. The van der Waals surface area contributed by atoms with Crippen molar-refractivity contribution in [3.05, 3.63) is 69.6 Å². The minimum absolute atomic E-state index is 0.0253. The molecule has 2 heterocycles. The first-order chi connectivity index (χ1) is 13.6. The molecular weight excluding hydrogens is 374 g/mol. The van der Waals surface area contributed by atoms with Gasteiger partial charge in [-0.2, -0.15) is 0 Å². The zero-order valence-corrected chi connectivity index (χ0v) is 16.6. The topological polar surface area (TPSA) is 61.3 Å². The number of rotatable bonds is 6. The number of piperidine rings is 1. The SMILES string of the molecule is O=c1[nH]c2ccccc2n1C1CCN(CC(O)CCc2ccc(Cl)cc2)CC1. The van der Waals surface area contributed by atoms with E-state index < -0.39 is 0 Å². The number of hydrogen-bond acceptors (Lipinski definition) is 3. The van der Waals surface area contributed by atoms with Crippen molar-refractivity contribution in [2.75, 3.05) is 19.6 Å². The summed E-state index contributed by atoms with van der Waals surface area (Å²) >= 11 is 5.91. The Morgan fingerprint density at radius 1 is 1.11 bits per heavy atom. The molecule has 1 unspecified atom stereocenters. The zero-order valence-electron chi connectivity index (χ0n) is 15.9. The second-order valence-electron chi connectivity index (χ2n) is 7.67. The Morgan fingerprint density at radius 3 is 2.57 bits per heavy atom. The maximum absolute atomic E-state index is 12.4. The summed E-state index contributed by atoms with van der Waals surface area (Å²) in [6, 6.07) is 15.9. The van der Waals surface area contributed by atoms with Crippen molar-refractivity contribution >= 4 is 22.6 Å². The van der Waals surface area contributed by atoms with Crippen LogP contribution in [0.1, 0.15) is 30.9 Å². The van der Waals surface area contributed by atoms with Crippen LogP contribution in [-0.4, -0.2) is 45.3 Å². The van der Waals surface area contributed by atoms with Crippen LogP contribution in [0, 0.1) is 0 Å². The second-order valence-corrected chi connectivity index (χ2v) is 8.10. The van der Waals surface area contributed by atoms with Gasteiger partial charge in [-0.25, -0.2) is 4.79 Å². The number of aromatic amines is 1. The number of likely N-dealkylation sites (tertiary alicyclic amines) is 1. The molecule has 2 aromatic carbocycles. The lowest BCUT2D eigenvalue weighted by Gasteiger charge is -2.33. The molecule has 4 rings (SSSR count). The van der Waals surface area contributed by atoms with E-state index in [0.29, 0.717) is 6.54 Å². The van der Waals surface area contributed by atoms with E-state index in [0.717, 1.165) is 54.8 Å². The molecule has 0 radical (unpaired) electrons. The fraction of sp³-hybridized carbons (Fsp3) is 0.409. The maximum Gasteiger partial charge on any atom is 0.326 e. The number of imidazole rings is 1. The maximum atomic E-state index is 12.4. The third-order valence-electron chi connectivity index (χ3n) is 5.69. The van der Waals surface area contributed by atoms with E-state index >= 15 is 0 Å². The second kappa shape index (κ2) is 8.52. The molecule has 1 aromatic heterocycles. The van der Waals surface area contributed by atoms with Crippen molar-refractivity contribution < 1.29 is 5.11 Å². The standard InChI is InChI=1S/C22H26ClN3O2/c23-17-8-5-16(6-9-17)7-10-19(27)15-25-13-11-18(12-14-25)26-21-4-2-1-3-20(21)24-22(26)28/h1-6,8-9,18-19,27H,7,10-15H2,(H,24,28). The lowest BCUT2D eigenvalue weighted by Crippen LogP contribution is -2.40. The number of hydrogen-bond donors (Lipinski definition) is 2. The fourth-order valence-corrected chi connectivity index (χ4v) is 4.30. The number of H-pyrrole nitrogens is 1. The highest BCUT2D eigenvalue weighted by atomic mass is 35.5. The highest BCUT2D eigenvalue weighted by molar-refractivity contribution is 6.30. The molecule has 6 heteroatoms. The number of aromatic nitrogens is 2. The van der Waals surface area contributed by atoms with Gasteiger partial charge >= 0.3 is 5.69 Å². The number of halogens is 1. The van der Waals surface area contributed by atoms with Gasteiger partial charge in [0.05, 0.1) is 17.1 Å².